The van der Waals surface area contributed by atoms with E-state index >= 15 is 0 Å². The van der Waals surface area contributed by atoms with Crippen molar-refractivity contribution in [3.05, 3.63) is 24.0 Å². The van der Waals surface area contributed by atoms with Crippen LogP contribution in [-0.4, -0.2) is 53.9 Å². The summed E-state index contributed by atoms with van der Waals surface area (Å²) >= 11 is 0. The number of rotatable bonds is 3. The Morgan fingerprint density at radius 3 is 3.05 bits per heavy atom. The lowest BCUT2D eigenvalue weighted by atomic mass is 10.0. The molecule has 3 N–H and O–H groups in total. The molecule has 1 atom stereocenters. The van der Waals surface area contributed by atoms with Gasteiger partial charge in [-0.25, -0.2) is 0 Å². The fraction of sp³-hybridized carbons (Fsp3) is 0.538. The second-order valence-corrected chi connectivity index (χ2v) is 5.08. The normalized spacial score (nSPS) is 19.6. The van der Waals surface area contributed by atoms with Crippen LogP contribution in [0.4, 0.5) is 5.69 Å². The molecule has 1 saturated heterocycles. The Bertz CT molecular complexity index is 448. The molecule has 2 heterocycles. The van der Waals surface area contributed by atoms with E-state index in [1.807, 2.05) is 4.90 Å². The van der Waals surface area contributed by atoms with Gasteiger partial charge in [0.15, 0.2) is 0 Å². The monoisotopic (exact) mass is 263 g/mol. The number of pyridine rings is 1. The van der Waals surface area contributed by atoms with Gasteiger partial charge in [-0.15, -0.1) is 0 Å². The number of nitrogen functional groups attached to an aromatic ring is 1. The van der Waals surface area contributed by atoms with Gasteiger partial charge in [-0.1, -0.05) is 0 Å². The Hall–Kier alpha value is -1.66. The van der Waals surface area contributed by atoms with Crippen LogP contribution in [0.2, 0.25) is 0 Å². The van der Waals surface area contributed by atoms with Crippen molar-refractivity contribution in [2.75, 3.05) is 32.6 Å². The highest BCUT2D eigenvalue weighted by Crippen LogP contribution is 2.16. The molecular weight excluding hydrogens is 242 g/mol. The molecule has 0 radical (unpaired) electrons. The Kier molecular flexibility index (Phi) is 4.34. The minimum absolute atomic E-state index is 0.0244. The molecule has 6 heteroatoms. The van der Waals surface area contributed by atoms with Crippen molar-refractivity contribution in [3.63, 3.8) is 0 Å². The van der Waals surface area contributed by atoms with E-state index in [0.717, 1.165) is 25.9 Å². The molecule has 1 amide bonds. The molecule has 6 nitrogen and oxygen atoms in total. The molecule has 0 bridgehead atoms. The number of hydrogen-bond donors (Lipinski definition) is 2. The summed E-state index contributed by atoms with van der Waals surface area (Å²) in [4.78, 5) is 20.6. The van der Waals surface area contributed by atoms with Crippen LogP contribution in [0.3, 0.4) is 0 Å². The van der Waals surface area contributed by atoms with Crippen LogP contribution >= 0.6 is 0 Å². The number of carbonyl (C=O) groups excluding carboxylic acids is 1. The first kappa shape index (κ1) is 13.8. The van der Waals surface area contributed by atoms with Crippen molar-refractivity contribution in [2.24, 2.45) is 5.84 Å². The van der Waals surface area contributed by atoms with E-state index in [-0.39, 0.29) is 5.91 Å². The van der Waals surface area contributed by atoms with Gasteiger partial charge in [-0.05, 0) is 39.1 Å². The topological polar surface area (TPSA) is 74.5 Å². The quantitative estimate of drug-likeness (QED) is 0.615. The first-order valence-electron chi connectivity index (χ1n) is 6.50. The van der Waals surface area contributed by atoms with Crippen LogP contribution in [0.25, 0.3) is 0 Å². The lowest BCUT2D eigenvalue weighted by Gasteiger charge is -2.36. The Morgan fingerprint density at radius 2 is 2.37 bits per heavy atom. The molecule has 1 aromatic heterocycles. The van der Waals surface area contributed by atoms with Crippen LogP contribution in [0.1, 0.15) is 23.3 Å². The molecule has 1 aliphatic heterocycles. The number of carbonyl (C=O) groups is 1. The number of anilines is 1. The predicted octanol–water partition coefficient (Wildman–Crippen LogP) is 0.533. The van der Waals surface area contributed by atoms with Crippen molar-refractivity contribution < 1.29 is 4.79 Å². The van der Waals surface area contributed by atoms with Crippen molar-refractivity contribution in [3.8, 4) is 0 Å². The van der Waals surface area contributed by atoms with Crippen molar-refractivity contribution in [1.29, 1.82) is 0 Å². The Labute approximate surface area is 113 Å². The number of hydrazine groups is 1. The van der Waals surface area contributed by atoms with Crippen LogP contribution < -0.4 is 11.3 Å². The lowest BCUT2D eigenvalue weighted by molar-refractivity contribution is 0.0629. The summed E-state index contributed by atoms with van der Waals surface area (Å²) in [7, 11) is 4.10. The maximum atomic E-state index is 12.4. The Balaban J connectivity index is 2.10. The number of amides is 1. The zero-order valence-corrected chi connectivity index (χ0v) is 11.5. The first-order chi connectivity index (χ1) is 9.11. The van der Waals surface area contributed by atoms with E-state index in [4.69, 9.17) is 5.84 Å². The van der Waals surface area contributed by atoms with Gasteiger partial charge in [0.25, 0.3) is 5.91 Å². The van der Waals surface area contributed by atoms with Crippen LogP contribution in [0.15, 0.2) is 18.3 Å². The maximum Gasteiger partial charge on any atom is 0.272 e. The smallest absolute Gasteiger partial charge is 0.272 e. The van der Waals surface area contributed by atoms with Crippen molar-refractivity contribution in [2.45, 2.75) is 18.9 Å². The van der Waals surface area contributed by atoms with E-state index < -0.39 is 0 Å². The number of piperidine rings is 1. The fourth-order valence-corrected chi connectivity index (χ4v) is 2.36. The molecule has 0 aromatic carbocycles. The highest BCUT2D eigenvalue weighted by atomic mass is 16.2. The highest BCUT2D eigenvalue weighted by molar-refractivity contribution is 5.93. The molecule has 0 aliphatic carbocycles. The Morgan fingerprint density at radius 1 is 1.58 bits per heavy atom. The molecule has 1 aromatic rings. The van der Waals surface area contributed by atoms with Crippen molar-refractivity contribution >= 4 is 11.6 Å². The zero-order chi connectivity index (χ0) is 13.8. The van der Waals surface area contributed by atoms with E-state index in [0.29, 0.717) is 17.4 Å². The van der Waals surface area contributed by atoms with Gasteiger partial charge in [-0.2, -0.15) is 0 Å². The van der Waals surface area contributed by atoms with Crippen LogP contribution in [0.5, 0.6) is 0 Å². The molecule has 0 spiro atoms. The third-order valence-electron chi connectivity index (χ3n) is 3.56. The summed E-state index contributed by atoms with van der Waals surface area (Å²) in [6.45, 7) is 1.55. The van der Waals surface area contributed by atoms with Crippen molar-refractivity contribution in [1.82, 2.24) is 14.8 Å². The second kappa shape index (κ2) is 5.99. The van der Waals surface area contributed by atoms with Gasteiger partial charge in [-0.3, -0.25) is 15.6 Å². The van der Waals surface area contributed by atoms with E-state index in [1.54, 1.807) is 18.3 Å². The van der Waals surface area contributed by atoms with E-state index in [1.165, 1.54) is 0 Å². The number of nitrogens with one attached hydrogen (secondary N) is 1. The molecule has 104 valence electrons. The number of nitrogens with zero attached hydrogens (tertiary/aromatic N) is 3. The second-order valence-electron chi connectivity index (χ2n) is 5.08. The van der Waals surface area contributed by atoms with Crippen LogP contribution in [-0.2, 0) is 0 Å². The standard InChI is InChI=1S/C13H21N5O/c1-17(2)11-4-3-7-18(9-11)13(19)12-8-10(16-14)5-6-15-12/h5-6,8,11H,3-4,7,9,14H2,1-2H3,(H,15,16). The maximum absolute atomic E-state index is 12.4. The molecular formula is C13H21N5O. The van der Waals surface area contributed by atoms with E-state index in [2.05, 4.69) is 29.4 Å². The lowest BCUT2D eigenvalue weighted by Crippen LogP contribution is -2.47. The third kappa shape index (κ3) is 3.21. The number of likely N-dealkylation sites (N-methyl/N-ethyl adjacent to an activating group) is 1. The minimum atomic E-state index is -0.0244. The average molecular weight is 263 g/mol. The van der Waals surface area contributed by atoms with Gasteiger partial charge in [0.05, 0.1) is 5.69 Å². The fourth-order valence-electron chi connectivity index (χ4n) is 2.36. The minimum Gasteiger partial charge on any atom is -0.336 e. The van der Waals surface area contributed by atoms with Gasteiger partial charge in [0, 0.05) is 25.3 Å². The third-order valence-corrected chi connectivity index (χ3v) is 3.56. The highest BCUT2D eigenvalue weighted by Gasteiger charge is 2.26. The number of hydrogen-bond acceptors (Lipinski definition) is 5. The molecule has 0 saturated carbocycles. The summed E-state index contributed by atoms with van der Waals surface area (Å²) in [6.07, 6.45) is 3.76. The summed E-state index contributed by atoms with van der Waals surface area (Å²) in [5.41, 5.74) is 3.67. The summed E-state index contributed by atoms with van der Waals surface area (Å²) in [5, 5.41) is 0. The molecule has 19 heavy (non-hydrogen) atoms. The molecule has 1 aliphatic rings. The summed E-state index contributed by atoms with van der Waals surface area (Å²) in [5.74, 6) is 5.33. The summed E-state index contributed by atoms with van der Waals surface area (Å²) in [6, 6.07) is 3.84. The van der Waals surface area contributed by atoms with Crippen LogP contribution in [0, 0.1) is 0 Å². The molecule has 1 fully saturated rings. The van der Waals surface area contributed by atoms with Gasteiger partial charge >= 0.3 is 0 Å². The first-order valence-corrected chi connectivity index (χ1v) is 6.50. The predicted molar refractivity (Wildman–Crippen MR) is 74.7 cm³/mol. The SMILES string of the molecule is CN(C)C1CCCN(C(=O)c2cc(NN)ccn2)C1. The number of aromatic nitrogens is 1. The number of likely N-dealkylation sites (tertiary alicyclic amines) is 1. The molecule has 2 rings (SSSR count). The zero-order valence-electron chi connectivity index (χ0n) is 11.5. The van der Waals surface area contributed by atoms with Gasteiger partial charge in [0.1, 0.15) is 5.69 Å². The number of nitrogens with two attached hydrogens (primary N) is 1. The summed E-state index contributed by atoms with van der Waals surface area (Å²) < 4.78 is 0. The largest absolute Gasteiger partial charge is 0.336 e. The van der Waals surface area contributed by atoms with Gasteiger partial charge < -0.3 is 15.2 Å². The average Bonchev–Trinajstić information content (AvgIpc) is 2.46. The van der Waals surface area contributed by atoms with E-state index in [9.17, 15) is 4.79 Å². The molecule has 1 unspecified atom stereocenters. The van der Waals surface area contributed by atoms with Gasteiger partial charge in [0.2, 0.25) is 0 Å².